The van der Waals surface area contributed by atoms with Gasteiger partial charge >= 0.3 is 0 Å². The van der Waals surface area contributed by atoms with Gasteiger partial charge in [-0.2, -0.15) is 0 Å². The number of hydrogen-bond donors (Lipinski definition) is 1. The predicted octanol–water partition coefficient (Wildman–Crippen LogP) is 2.53. The Balaban J connectivity index is 2.05. The van der Waals surface area contributed by atoms with Crippen molar-refractivity contribution < 1.29 is 4.39 Å². The van der Waals surface area contributed by atoms with Gasteiger partial charge in [0.2, 0.25) is 0 Å². The molecule has 0 unspecified atom stereocenters. The van der Waals surface area contributed by atoms with E-state index in [1.807, 2.05) is 0 Å². The Morgan fingerprint density at radius 1 is 1.28 bits per heavy atom. The van der Waals surface area contributed by atoms with Crippen LogP contribution in [0, 0.1) is 5.82 Å². The zero-order chi connectivity index (χ0) is 12.8. The van der Waals surface area contributed by atoms with Gasteiger partial charge in [-0.15, -0.1) is 0 Å². The molecule has 0 saturated heterocycles. The van der Waals surface area contributed by atoms with Gasteiger partial charge in [0.1, 0.15) is 11.6 Å². The van der Waals surface area contributed by atoms with Crippen LogP contribution in [0.2, 0.25) is 0 Å². The van der Waals surface area contributed by atoms with Crippen LogP contribution >= 0.6 is 0 Å². The Bertz CT molecular complexity index is 569. The summed E-state index contributed by atoms with van der Waals surface area (Å²) in [6.07, 6.45) is 2.06. The van der Waals surface area contributed by atoms with Gasteiger partial charge in [0.15, 0.2) is 0 Å². The van der Waals surface area contributed by atoms with Crippen LogP contribution in [-0.4, -0.2) is 16.1 Å². The molecule has 0 saturated carbocycles. The summed E-state index contributed by atoms with van der Waals surface area (Å²) in [4.78, 5) is 4.62. The van der Waals surface area contributed by atoms with E-state index in [2.05, 4.69) is 34.9 Å². The van der Waals surface area contributed by atoms with Crippen LogP contribution in [0.1, 0.15) is 19.7 Å². The lowest BCUT2D eigenvalue weighted by molar-refractivity contribution is 0.286. The van der Waals surface area contributed by atoms with Gasteiger partial charge in [-0.05, 0) is 38.1 Å². The second-order valence-corrected chi connectivity index (χ2v) is 5.34. The molecule has 0 amide bonds. The normalized spacial score (nSPS) is 17.5. The van der Waals surface area contributed by atoms with Crippen molar-refractivity contribution >= 4 is 0 Å². The van der Waals surface area contributed by atoms with Crippen molar-refractivity contribution in [1.82, 2.24) is 14.9 Å². The average Bonchev–Trinajstić information content (AvgIpc) is 2.75. The van der Waals surface area contributed by atoms with E-state index in [1.165, 1.54) is 12.1 Å². The molecule has 1 aliphatic rings. The van der Waals surface area contributed by atoms with E-state index in [0.717, 1.165) is 30.2 Å². The largest absolute Gasteiger partial charge is 0.326 e. The van der Waals surface area contributed by atoms with Crippen molar-refractivity contribution in [3.63, 3.8) is 0 Å². The third kappa shape index (κ3) is 1.82. The molecule has 0 bridgehead atoms. The van der Waals surface area contributed by atoms with Crippen LogP contribution in [0.3, 0.4) is 0 Å². The summed E-state index contributed by atoms with van der Waals surface area (Å²) in [7, 11) is 0. The molecule has 0 radical (unpaired) electrons. The standard InChI is InChI=1S/C14H16FN3/c1-14(2)9-16-7-13-17-12(8-18(13)14)10-3-5-11(15)6-4-10/h3-6,8,16H,7,9H2,1-2H3. The Hall–Kier alpha value is -1.68. The summed E-state index contributed by atoms with van der Waals surface area (Å²) in [5, 5.41) is 3.36. The smallest absolute Gasteiger partial charge is 0.123 e. The lowest BCUT2D eigenvalue weighted by Crippen LogP contribution is -2.43. The summed E-state index contributed by atoms with van der Waals surface area (Å²) in [5.41, 5.74) is 1.88. The molecule has 0 spiro atoms. The number of nitrogens with one attached hydrogen (secondary N) is 1. The molecule has 94 valence electrons. The third-order valence-electron chi connectivity index (χ3n) is 3.41. The highest BCUT2D eigenvalue weighted by atomic mass is 19.1. The van der Waals surface area contributed by atoms with Gasteiger partial charge in [-0.3, -0.25) is 0 Å². The van der Waals surface area contributed by atoms with Gasteiger partial charge in [0, 0.05) is 18.3 Å². The monoisotopic (exact) mass is 245 g/mol. The highest BCUT2D eigenvalue weighted by Gasteiger charge is 2.27. The topological polar surface area (TPSA) is 29.9 Å². The Kier molecular flexibility index (Phi) is 2.48. The fourth-order valence-electron chi connectivity index (χ4n) is 2.39. The molecule has 3 nitrogen and oxygen atoms in total. The minimum Gasteiger partial charge on any atom is -0.326 e. The van der Waals surface area contributed by atoms with Crippen LogP contribution in [0.15, 0.2) is 30.5 Å². The van der Waals surface area contributed by atoms with Crippen molar-refractivity contribution in [3.05, 3.63) is 42.1 Å². The summed E-state index contributed by atoms with van der Waals surface area (Å²) in [6.45, 7) is 6.07. The summed E-state index contributed by atoms with van der Waals surface area (Å²) < 4.78 is 15.1. The van der Waals surface area contributed by atoms with Crippen LogP contribution in [-0.2, 0) is 12.1 Å². The van der Waals surface area contributed by atoms with Crippen LogP contribution in [0.5, 0.6) is 0 Å². The van der Waals surface area contributed by atoms with Gasteiger partial charge in [0.05, 0.1) is 17.8 Å². The molecule has 4 heteroatoms. The quantitative estimate of drug-likeness (QED) is 0.836. The summed E-state index contributed by atoms with van der Waals surface area (Å²) in [6, 6.07) is 6.47. The maximum Gasteiger partial charge on any atom is 0.123 e. The molecule has 0 fully saturated rings. The molecule has 3 rings (SSSR count). The Morgan fingerprint density at radius 3 is 2.67 bits per heavy atom. The molecular weight excluding hydrogens is 229 g/mol. The second kappa shape index (κ2) is 3.92. The Morgan fingerprint density at radius 2 is 2.00 bits per heavy atom. The molecule has 0 atom stereocenters. The zero-order valence-electron chi connectivity index (χ0n) is 10.6. The molecule has 0 aliphatic carbocycles. The van der Waals surface area contributed by atoms with Crippen LogP contribution in [0.4, 0.5) is 4.39 Å². The maximum atomic E-state index is 12.9. The van der Waals surface area contributed by atoms with Gasteiger partial charge < -0.3 is 9.88 Å². The number of benzene rings is 1. The number of halogens is 1. The molecule has 1 aromatic heterocycles. The maximum absolute atomic E-state index is 12.9. The van der Waals surface area contributed by atoms with Gasteiger partial charge in [0.25, 0.3) is 0 Å². The first-order chi connectivity index (χ1) is 8.56. The van der Waals surface area contributed by atoms with Crippen LogP contribution in [0.25, 0.3) is 11.3 Å². The Labute approximate surface area is 106 Å². The molecule has 18 heavy (non-hydrogen) atoms. The molecular formula is C14H16FN3. The van der Waals surface area contributed by atoms with E-state index in [-0.39, 0.29) is 11.4 Å². The van der Waals surface area contributed by atoms with Crippen molar-refractivity contribution in [1.29, 1.82) is 0 Å². The van der Waals surface area contributed by atoms with E-state index < -0.39 is 0 Å². The van der Waals surface area contributed by atoms with E-state index in [9.17, 15) is 4.39 Å². The van der Waals surface area contributed by atoms with Crippen molar-refractivity contribution in [2.24, 2.45) is 0 Å². The molecule has 1 aliphatic heterocycles. The molecule has 2 aromatic rings. The number of imidazole rings is 1. The van der Waals surface area contributed by atoms with E-state index in [0.29, 0.717) is 0 Å². The number of nitrogens with zero attached hydrogens (tertiary/aromatic N) is 2. The van der Waals surface area contributed by atoms with E-state index >= 15 is 0 Å². The molecule has 1 N–H and O–H groups in total. The average molecular weight is 245 g/mol. The minimum absolute atomic E-state index is 0.0267. The zero-order valence-corrected chi connectivity index (χ0v) is 10.6. The van der Waals surface area contributed by atoms with Gasteiger partial charge in [-0.25, -0.2) is 9.37 Å². The fourth-order valence-corrected chi connectivity index (χ4v) is 2.39. The van der Waals surface area contributed by atoms with Crippen molar-refractivity contribution in [3.8, 4) is 11.3 Å². The lowest BCUT2D eigenvalue weighted by atomic mass is 10.0. The fraction of sp³-hybridized carbons (Fsp3) is 0.357. The summed E-state index contributed by atoms with van der Waals surface area (Å²) in [5.74, 6) is 0.815. The second-order valence-electron chi connectivity index (χ2n) is 5.34. The number of aromatic nitrogens is 2. The van der Waals surface area contributed by atoms with E-state index in [4.69, 9.17) is 0 Å². The van der Waals surface area contributed by atoms with Crippen molar-refractivity contribution in [2.75, 3.05) is 6.54 Å². The molecule has 2 heterocycles. The van der Waals surface area contributed by atoms with Crippen molar-refractivity contribution in [2.45, 2.75) is 25.9 Å². The number of rotatable bonds is 1. The highest BCUT2D eigenvalue weighted by molar-refractivity contribution is 5.58. The number of fused-ring (bicyclic) bond motifs is 1. The first kappa shape index (κ1) is 11.4. The van der Waals surface area contributed by atoms with E-state index in [1.54, 1.807) is 12.1 Å². The molecule has 1 aromatic carbocycles. The first-order valence-corrected chi connectivity index (χ1v) is 6.12. The van der Waals surface area contributed by atoms with Gasteiger partial charge in [-0.1, -0.05) is 0 Å². The first-order valence-electron chi connectivity index (χ1n) is 6.12. The lowest BCUT2D eigenvalue weighted by Gasteiger charge is -2.32. The third-order valence-corrected chi connectivity index (χ3v) is 3.41. The number of hydrogen-bond acceptors (Lipinski definition) is 2. The highest BCUT2D eigenvalue weighted by Crippen LogP contribution is 2.26. The SMILES string of the molecule is CC1(C)CNCc2nc(-c3ccc(F)cc3)cn21. The summed E-state index contributed by atoms with van der Waals surface area (Å²) >= 11 is 0. The predicted molar refractivity (Wildman–Crippen MR) is 68.6 cm³/mol. The minimum atomic E-state index is -0.218. The van der Waals surface area contributed by atoms with Crippen LogP contribution < -0.4 is 5.32 Å².